The number of carbonyl (C=O) groups excluding carboxylic acids is 3. The molecule has 1 fully saturated rings. The van der Waals surface area contributed by atoms with E-state index in [2.05, 4.69) is 44.0 Å². The number of amides is 4. The van der Waals surface area contributed by atoms with Gasteiger partial charge in [-0.1, -0.05) is 19.9 Å². The number of benzene rings is 2. The Balaban J connectivity index is 1.50. The molecule has 1 N–H and O–H groups in total. The van der Waals surface area contributed by atoms with Gasteiger partial charge in [-0.3, -0.25) is 14.9 Å². The molecule has 0 saturated carbocycles. The van der Waals surface area contributed by atoms with Gasteiger partial charge >= 0.3 is 6.03 Å². The molecular formula is C27H29N3O5. The first-order valence-electron chi connectivity index (χ1n) is 11.9. The van der Waals surface area contributed by atoms with E-state index in [0.717, 1.165) is 29.8 Å². The number of fused-ring (bicyclic) bond motifs is 2. The maximum absolute atomic E-state index is 13.3. The number of carbonyl (C=O) groups is 3. The highest BCUT2D eigenvalue weighted by Gasteiger charge is 2.38. The minimum Gasteiger partial charge on any atom is -0.454 e. The average Bonchev–Trinajstić information content (AvgIpc) is 3.27. The van der Waals surface area contributed by atoms with Gasteiger partial charge in [-0.2, -0.15) is 0 Å². The van der Waals surface area contributed by atoms with E-state index < -0.39 is 17.8 Å². The van der Waals surface area contributed by atoms with Crippen molar-refractivity contribution in [3.8, 4) is 11.5 Å². The minimum absolute atomic E-state index is 0.0487. The van der Waals surface area contributed by atoms with Gasteiger partial charge in [0.25, 0.3) is 11.8 Å². The first-order valence-corrected chi connectivity index (χ1v) is 11.9. The van der Waals surface area contributed by atoms with Gasteiger partial charge in [0.1, 0.15) is 5.57 Å². The van der Waals surface area contributed by atoms with E-state index in [4.69, 9.17) is 9.47 Å². The lowest BCUT2D eigenvalue weighted by molar-refractivity contribution is -0.122. The Morgan fingerprint density at radius 3 is 2.63 bits per heavy atom. The molecule has 35 heavy (non-hydrogen) atoms. The van der Waals surface area contributed by atoms with Gasteiger partial charge in [0.05, 0.1) is 5.69 Å². The van der Waals surface area contributed by atoms with Crippen molar-refractivity contribution in [1.29, 1.82) is 0 Å². The molecule has 1 unspecified atom stereocenters. The molecule has 0 aliphatic carbocycles. The number of nitrogens with zero attached hydrogens (tertiary/aromatic N) is 2. The first-order chi connectivity index (χ1) is 16.7. The number of hydrogen-bond acceptors (Lipinski definition) is 6. The van der Waals surface area contributed by atoms with Crippen LogP contribution >= 0.6 is 0 Å². The highest BCUT2D eigenvalue weighted by molar-refractivity contribution is 6.39. The minimum atomic E-state index is -0.799. The Bertz CT molecular complexity index is 1270. The summed E-state index contributed by atoms with van der Waals surface area (Å²) in [7, 11) is 0. The molecule has 5 rings (SSSR count). The van der Waals surface area contributed by atoms with Crippen LogP contribution in [0.1, 0.15) is 57.6 Å². The Hall–Kier alpha value is -3.81. The molecule has 1 saturated heterocycles. The average molecular weight is 476 g/mol. The van der Waals surface area contributed by atoms with Crippen molar-refractivity contribution in [2.45, 2.75) is 52.0 Å². The second-order valence-electron chi connectivity index (χ2n) is 9.88. The molecule has 0 radical (unpaired) electrons. The largest absolute Gasteiger partial charge is 0.454 e. The SMILES string of the molecule is CCCN1c2ccc(/C=C3/C(=O)NC(=O)N(c4ccc5c(c4)OCO5)C3=O)cc2C(C)CC1(C)C. The van der Waals surface area contributed by atoms with Crippen LogP contribution < -0.4 is 24.6 Å². The Morgan fingerprint density at radius 2 is 1.86 bits per heavy atom. The zero-order chi connectivity index (χ0) is 24.9. The van der Waals surface area contributed by atoms with E-state index in [1.54, 1.807) is 24.3 Å². The summed E-state index contributed by atoms with van der Waals surface area (Å²) in [5.41, 5.74) is 3.37. The number of anilines is 2. The number of nitrogens with one attached hydrogen (secondary N) is 1. The van der Waals surface area contributed by atoms with E-state index in [1.165, 1.54) is 11.3 Å². The van der Waals surface area contributed by atoms with Crippen LogP contribution in [0.5, 0.6) is 11.5 Å². The molecule has 3 aliphatic heterocycles. The molecule has 3 heterocycles. The lowest BCUT2D eigenvalue weighted by atomic mass is 9.79. The number of hydrogen-bond donors (Lipinski definition) is 1. The van der Waals surface area contributed by atoms with Gasteiger partial charge < -0.3 is 14.4 Å². The third-order valence-electron chi connectivity index (χ3n) is 6.88. The van der Waals surface area contributed by atoms with Crippen molar-refractivity contribution in [2.24, 2.45) is 0 Å². The van der Waals surface area contributed by atoms with Crippen LogP contribution in [0.25, 0.3) is 6.08 Å². The molecule has 0 spiro atoms. The molecule has 2 aromatic rings. The van der Waals surface area contributed by atoms with Crippen molar-refractivity contribution in [3.63, 3.8) is 0 Å². The van der Waals surface area contributed by atoms with Gasteiger partial charge in [-0.15, -0.1) is 0 Å². The summed E-state index contributed by atoms with van der Waals surface area (Å²) in [5, 5.41) is 2.28. The molecule has 1 atom stereocenters. The van der Waals surface area contributed by atoms with Crippen LogP contribution in [0.4, 0.5) is 16.2 Å². The van der Waals surface area contributed by atoms with E-state index in [1.807, 2.05) is 12.1 Å². The van der Waals surface area contributed by atoms with E-state index in [9.17, 15) is 14.4 Å². The Labute approximate surface area is 204 Å². The maximum Gasteiger partial charge on any atom is 0.335 e. The quantitative estimate of drug-likeness (QED) is 0.514. The zero-order valence-electron chi connectivity index (χ0n) is 20.4. The third-order valence-corrected chi connectivity index (χ3v) is 6.88. The van der Waals surface area contributed by atoms with Crippen LogP contribution in [0.15, 0.2) is 42.0 Å². The Morgan fingerprint density at radius 1 is 1.09 bits per heavy atom. The van der Waals surface area contributed by atoms with Gasteiger partial charge in [0.2, 0.25) is 6.79 Å². The number of ether oxygens (including phenoxy) is 2. The third kappa shape index (κ3) is 3.92. The number of rotatable bonds is 4. The lowest BCUT2D eigenvalue weighted by Gasteiger charge is -2.47. The smallest absolute Gasteiger partial charge is 0.335 e. The summed E-state index contributed by atoms with van der Waals surface area (Å²) in [4.78, 5) is 41.9. The number of barbiturate groups is 1. The van der Waals surface area contributed by atoms with Crippen molar-refractivity contribution in [3.05, 3.63) is 53.1 Å². The number of urea groups is 1. The normalized spacial score (nSPS) is 21.9. The molecule has 8 heteroatoms. The van der Waals surface area contributed by atoms with Gasteiger partial charge in [0.15, 0.2) is 11.5 Å². The van der Waals surface area contributed by atoms with Crippen LogP contribution in [0, 0.1) is 0 Å². The molecular weight excluding hydrogens is 446 g/mol. The highest BCUT2D eigenvalue weighted by Crippen LogP contribution is 2.44. The predicted octanol–water partition coefficient (Wildman–Crippen LogP) is 4.58. The fourth-order valence-electron chi connectivity index (χ4n) is 5.33. The van der Waals surface area contributed by atoms with Crippen molar-refractivity contribution >= 4 is 35.3 Å². The summed E-state index contributed by atoms with van der Waals surface area (Å²) in [6.07, 6.45) is 3.61. The summed E-state index contributed by atoms with van der Waals surface area (Å²) >= 11 is 0. The molecule has 2 aromatic carbocycles. The second-order valence-corrected chi connectivity index (χ2v) is 9.88. The predicted molar refractivity (Wildman–Crippen MR) is 133 cm³/mol. The highest BCUT2D eigenvalue weighted by atomic mass is 16.7. The molecule has 0 aromatic heterocycles. The number of imide groups is 2. The molecule has 3 aliphatic rings. The standard InChI is InChI=1S/C27H29N3O5/c1-5-10-29-21-8-6-17(11-19(21)16(2)14-27(29,3)4)12-20-24(31)28-26(33)30(25(20)32)18-7-9-22-23(13-18)35-15-34-22/h6-9,11-13,16H,5,10,14-15H2,1-4H3,(H,28,31,33)/b20-12-. The Kier molecular flexibility index (Phi) is 5.54. The second kappa shape index (κ2) is 8.45. The fourth-order valence-corrected chi connectivity index (χ4v) is 5.33. The van der Waals surface area contributed by atoms with Gasteiger partial charge in [-0.25, -0.2) is 9.69 Å². The monoisotopic (exact) mass is 475 g/mol. The van der Waals surface area contributed by atoms with E-state index in [-0.39, 0.29) is 17.9 Å². The molecule has 8 nitrogen and oxygen atoms in total. The molecule has 0 bridgehead atoms. The summed E-state index contributed by atoms with van der Waals surface area (Å²) in [5.74, 6) is -0.0922. The van der Waals surface area contributed by atoms with Crippen LogP contribution in [0.3, 0.4) is 0 Å². The first kappa shape index (κ1) is 23.0. The van der Waals surface area contributed by atoms with Crippen LogP contribution in [-0.4, -0.2) is 36.7 Å². The lowest BCUT2D eigenvalue weighted by Crippen LogP contribution is -2.54. The van der Waals surface area contributed by atoms with E-state index in [0.29, 0.717) is 23.1 Å². The van der Waals surface area contributed by atoms with Crippen molar-refractivity contribution in [1.82, 2.24) is 5.32 Å². The van der Waals surface area contributed by atoms with Gasteiger partial charge in [-0.05, 0) is 74.1 Å². The molecule has 4 amide bonds. The molecule has 182 valence electrons. The van der Waals surface area contributed by atoms with Crippen LogP contribution in [-0.2, 0) is 9.59 Å². The summed E-state index contributed by atoms with van der Waals surface area (Å²) in [6.45, 7) is 9.95. The van der Waals surface area contributed by atoms with Gasteiger partial charge in [0, 0.05) is 23.8 Å². The maximum atomic E-state index is 13.3. The van der Waals surface area contributed by atoms with Crippen molar-refractivity contribution in [2.75, 3.05) is 23.1 Å². The summed E-state index contributed by atoms with van der Waals surface area (Å²) < 4.78 is 10.7. The van der Waals surface area contributed by atoms with Crippen LogP contribution in [0.2, 0.25) is 0 Å². The van der Waals surface area contributed by atoms with Crippen molar-refractivity contribution < 1.29 is 23.9 Å². The van der Waals surface area contributed by atoms with E-state index >= 15 is 0 Å². The summed E-state index contributed by atoms with van der Waals surface area (Å²) in [6, 6.07) is 10.0. The fraction of sp³-hybridized carbons (Fsp3) is 0.370. The topological polar surface area (TPSA) is 88.2 Å². The zero-order valence-corrected chi connectivity index (χ0v) is 20.4.